The lowest BCUT2D eigenvalue weighted by Crippen LogP contribution is -2.19. The van der Waals surface area contributed by atoms with Crippen LogP contribution in [0.4, 0.5) is 18.9 Å². The molecule has 1 heterocycles. The standard InChI is InChI=1S/C12H14F3NO/c13-10-6-9(7-11(14)12(10)15)16-8-2-1-4-17-5-3-8/h6-8,16H,1-5H2. The molecule has 94 valence electrons. The monoisotopic (exact) mass is 245 g/mol. The second kappa shape index (κ2) is 5.40. The van der Waals surface area contributed by atoms with E-state index in [1.165, 1.54) is 0 Å². The fraction of sp³-hybridized carbons (Fsp3) is 0.500. The lowest BCUT2D eigenvalue weighted by Gasteiger charge is -2.17. The summed E-state index contributed by atoms with van der Waals surface area (Å²) in [5.74, 6) is -3.77. The van der Waals surface area contributed by atoms with E-state index in [2.05, 4.69) is 5.32 Å². The van der Waals surface area contributed by atoms with E-state index >= 15 is 0 Å². The van der Waals surface area contributed by atoms with E-state index in [1.807, 2.05) is 0 Å². The molecular weight excluding hydrogens is 231 g/mol. The van der Waals surface area contributed by atoms with E-state index in [-0.39, 0.29) is 11.7 Å². The Hall–Kier alpha value is -1.23. The summed E-state index contributed by atoms with van der Waals surface area (Å²) < 4.78 is 44.0. The first-order chi connectivity index (χ1) is 8.16. The molecule has 1 aromatic carbocycles. The largest absolute Gasteiger partial charge is 0.382 e. The van der Waals surface area contributed by atoms with Crippen molar-refractivity contribution in [3.05, 3.63) is 29.6 Å². The van der Waals surface area contributed by atoms with Crippen LogP contribution < -0.4 is 5.32 Å². The Labute approximate surface area is 97.8 Å². The summed E-state index contributed by atoms with van der Waals surface area (Å²) in [6, 6.07) is 2.07. The van der Waals surface area contributed by atoms with Crippen LogP contribution in [-0.4, -0.2) is 19.3 Å². The predicted molar refractivity (Wildman–Crippen MR) is 58.4 cm³/mol. The van der Waals surface area contributed by atoms with Gasteiger partial charge in [0.2, 0.25) is 0 Å². The van der Waals surface area contributed by atoms with Crippen LogP contribution in [0.3, 0.4) is 0 Å². The fourth-order valence-corrected chi connectivity index (χ4v) is 1.92. The highest BCUT2D eigenvalue weighted by molar-refractivity contribution is 5.45. The van der Waals surface area contributed by atoms with Gasteiger partial charge >= 0.3 is 0 Å². The Bertz CT molecular complexity index is 366. The molecule has 0 radical (unpaired) electrons. The molecule has 0 bridgehead atoms. The Morgan fingerprint density at radius 2 is 1.76 bits per heavy atom. The maximum Gasteiger partial charge on any atom is 0.194 e. The minimum atomic E-state index is -1.43. The Balaban J connectivity index is 2.07. The van der Waals surface area contributed by atoms with Gasteiger partial charge in [0.05, 0.1) is 0 Å². The summed E-state index contributed by atoms with van der Waals surface area (Å²) in [5.41, 5.74) is 0.272. The summed E-state index contributed by atoms with van der Waals surface area (Å²) in [6.45, 7) is 1.34. The zero-order valence-electron chi connectivity index (χ0n) is 9.31. The first-order valence-corrected chi connectivity index (χ1v) is 5.65. The van der Waals surface area contributed by atoms with Crippen molar-refractivity contribution >= 4 is 5.69 Å². The van der Waals surface area contributed by atoms with Crippen LogP contribution >= 0.6 is 0 Å². The molecule has 0 saturated carbocycles. The van der Waals surface area contributed by atoms with Gasteiger partial charge in [-0.1, -0.05) is 0 Å². The third kappa shape index (κ3) is 3.12. The first kappa shape index (κ1) is 12.2. The van der Waals surface area contributed by atoms with Crippen LogP contribution in [0, 0.1) is 17.5 Å². The van der Waals surface area contributed by atoms with Gasteiger partial charge in [-0.15, -0.1) is 0 Å². The summed E-state index contributed by atoms with van der Waals surface area (Å²) in [7, 11) is 0. The smallest absolute Gasteiger partial charge is 0.194 e. The van der Waals surface area contributed by atoms with Crippen molar-refractivity contribution in [1.29, 1.82) is 0 Å². The molecule has 17 heavy (non-hydrogen) atoms. The lowest BCUT2D eigenvalue weighted by atomic mass is 10.1. The third-order valence-electron chi connectivity index (χ3n) is 2.81. The molecule has 1 atom stereocenters. The summed E-state index contributed by atoms with van der Waals surface area (Å²) in [6.07, 6.45) is 2.56. The third-order valence-corrected chi connectivity index (χ3v) is 2.81. The lowest BCUT2D eigenvalue weighted by molar-refractivity contribution is 0.144. The normalized spacial score (nSPS) is 21.0. The average molecular weight is 245 g/mol. The minimum Gasteiger partial charge on any atom is -0.382 e. The van der Waals surface area contributed by atoms with Crippen LogP contribution in [0.15, 0.2) is 12.1 Å². The molecule has 2 nitrogen and oxygen atoms in total. The van der Waals surface area contributed by atoms with Crippen LogP contribution in [0.2, 0.25) is 0 Å². The molecule has 5 heteroatoms. The van der Waals surface area contributed by atoms with Gasteiger partial charge in [-0.3, -0.25) is 0 Å². The Morgan fingerprint density at radius 1 is 1.06 bits per heavy atom. The molecule has 1 aliphatic heterocycles. The molecule has 1 unspecified atom stereocenters. The average Bonchev–Trinajstić information content (AvgIpc) is 2.54. The molecule has 1 saturated heterocycles. The van der Waals surface area contributed by atoms with Crippen molar-refractivity contribution in [2.75, 3.05) is 18.5 Å². The van der Waals surface area contributed by atoms with E-state index in [4.69, 9.17) is 4.74 Å². The van der Waals surface area contributed by atoms with E-state index in [1.54, 1.807) is 0 Å². The highest BCUT2D eigenvalue weighted by Crippen LogP contribution is 2.20. The van der Waals surface area contributed by atoms with Crippen molar-refractivity contribution < 1.29 is 17.9 Å². The van der Waals surface area contributed by atoms with Crippen molar-refractivity contribution in [3.63, 3.8) is 0 Å². The van der Waals surface area contributed by atoms with Gasteiger partial charge in [0, 0.05) is 37.1 Å². The van der Waals surface area contributed by atoms with Gasteiger partial charge in [-0.05, 0) is 19.3 Å². The highest BCUT2D eigenvalue weighted by Gasteiger charge is 2.15. The molecule has 2 rings (SSSR count). The Morgan fingerprint density at radius 3 is 2.47 bits per heavy atom. The van der Waals surface area contributed by atoms with E-state index in [9.17, 15) is 13.2 Å². The van der Waals surface area contributed by atoms with Gasteiger partial charge in [0.25, 0.3) is 0 Å². The number of halogens is 3. The molecule has 0 amide bonds. The van der Waals surface area contributed by atoms with Crippen LogP contribution in [0.5, 0.6) is 0 Å². The second-order valence-corrected chi connectivity index (χ2v) is 4.14. The molecule has 0 aliphatic carbocycles. The van der Waals surface area contributed by atoms with E-state index < -0.39 is 17.5 Å². The zero-order valence-corrected chi connectivity index (χ0v) is 9.31. The van der Waals surface area contributed by atoms with Crippen molar-refractivity contribution in [1.82, 2.24) is 0 Å². The number of ether oxygens (including phenoxy) is 1. The van der Waals surface area contributed by atoms with Crippen LogP contribution in [-0.2, 0) is 4.74 Å². The van der Waals surface area contributed by atoms with Gasteiger partial charge in [-0.2, -0.15) is 0 Å². The first-order valence-electron chi connectivity index (χ1n) is 5.65. The van der Waals surface area contributed by atoms with Gasteiger partial charge in [-0.25, -0.2) is 13.2 Å². The molecular formula is C12H14F3NO. The van der Waals surface area contributed by atoms with E-state index in [0.29, 0.717) is 13.2 Å². The van der Waals surface area contributed by atoms with Crippen molar-refractivity contribution in [3.8, 4) is 0 Å². The molecule has 0 aromatic heterocycles. The van der Waals surface area contributed by atoms with Gasteiger partial charge in [0.15, 0.2) is 17.5 Å². The number of rotatable bonds is 2. The van der Waals surface area contributed by atoms with Crippen molar-refractivity contribution in [2.24, 2.45) is 0 Å². The molecule has 0 spiro atoms. The summed E-state index contributed by atoms with van der Waals surface area (Å²) >= 11 is 0. The quantitative estimate of drug-likeness (QED) is 0.808. The second-order valence-electron chi connectivity index (χ2n) is 4.14. The van der Waals surface area contributed by atoms with Gasteiger partial charge in [0.1, 0.15) is 0 Å². The zero-order chi connectivity index (χ0) is 12.3. The van der Waals surface area contributed by atoms with Crippen LogP contribution in [0.25, 0.3) is 0 Å². The molecule has 1 N–H and O–H groups in total. The molecule has 1 aromatic rings. The maximum atomic E-state index is 13.0. The van der Waals surface area contributed by atoms with Gasteiger partial charge < -0.3 is 10.1 Å². The topological polar surface area (TPSA) is 21.3 Å². The molecule has 1 aliphatic rings. The number of anilines is 1. The van der Waals surface area contributed by atoms with Crippen LogP contribution in [0.1, 0.15) is 19.3 Å². The highest BCUT2D eigenvalue weighted by atomic mass is 19.2. The molecule has 1 fully saturated rings. The fourth-order valence-electron chi connectivity index (χ4n) is 1.92. The maximum absolute atomic E-state index is 13.0. The number of benzene rings is 1. The predicted octanol–water partition coefficient (Wildman–Crippen LogP) is 3.08. The minimum absolute atomic E-state index is 0.113. The Kier molecular flexibility index (Phi) is 3.89. The number of hydrogen-bond acceptors (Lipinski definition) is 2. The van der Waals surface area contributed by atoms with Crippen molar-refractivity contribution in [2.45, 2.75) is 25.3 Å². The summed E-state index contributed by atoms with van der Waals surface area (Å²) in [5, 5.41) is 3.00. The SMILES string of the molecule is Fc1cc(NC2CCCOCC2)cc(F)c1F. The number of hydrogen-bond donors (Lipinski definition) is 1. The number of nitrogens with one attached hydrogen (secondary N) is 1. The summed E-state index contributed by atoms with van der Waals surface area (Å²) in [4.78, 5) is 0. The van der Waals surface area contributed by atoms with E-state index in [0.717, 1.165) is 31.4 Å².